The predicted molar refractivity (Wildman–Crippen MR) is 59.7 cm³/mol. The Balaban J connectivity index is 1.80. The van der Waals surface area contributed by atoms with Crippen LogP contribution >= 0.6 is 0 Å². The minimum atomic E-state index is -0.907. The molecule has 2 aliphatic rings. The molecule has 1 aromatic rings. The first kappa shape index (κ1) is 10.9. The molecule has 0 unspecified atom stereocenters. The van der Waals surface area contributed by atoms with Crippen molar-refractivity contribution in [3.8, 4) is 0 Å². The van der Waals surface area contributed by atoms with Crippen LogP contribution in [0.4, 0.5) is 0 Å². The topological polar surface area (TPSA) is 97.1 Å². The first-order valence-electron chi connectivity index (χ1n) is 5.73. The van der Waals surface area contributed by atoms with Crippen LogP contribution in [0, 0.1) is 23.7 Å². The SMILES string of the molecule is O=C(O)[C@@H]1[C@H](C(=O)Nn2cnnc2)[C@H]2C=C[C@H]1C2. The number of nitrogens with one attached hydrogen (secondary N) is 1. The largest absolute Gasteiger partial charge is 0.481 e. The monoisotopic (exact) mass is 248 g/mol. The molecule has 0 aliphatic heterocycles. The summed E-state index contributed by atoms with van der Waals surface area (Å²) in [5.74, 6) is -2.34. The number of allylic oxidation sites excluding steroid dienone is 2. The summed E-state index contributed by atoms with van der Waals surface area (Å²) in [6.45, 7) is 0. The fourth-order valence-electron chi connectivity index (χ4n) is 2.98. The number of amides is 1. The van der Waals surface area contributed by atoms with Gasteiger partial charge in [-0.05, 0) is 18.3 Å². The van der Waals surface area contributed by atoms with Gasteiger partial charge in [-0.25, -0.2) is 4.68 Å². The Kier molecular flexibility index (Phi) is 2.39. The van der Waals surface area contributed by atoms with Crippen molar-refractivity contribution in [1.82, 2.24) is 14.9 Å². The minimum absolute atomic E-state index is 0.0209. The summed E-state index contributed by atoms with van der Waals surface area (Å²) >= 11 is 0. The highest BCUT2D eigenvalue weighted by Gasteiger charge is 2.51. The molecule has 94 valence electrons. The molecule has 0 saturated heterocycles. The van der Waals surface area contributed by atoms with E-state index in [4.69, 9.17) is 0 Å². The normalized spacial score (nSPS) is 32.7. The van der Waals surface area contributed by atoms with Crippen LogP contribution in [0.5, 0.6) is 0 Å². The molecule has 1 fully saturated rings. The molecule has 1 saturated carbocycles. The maximum absolute atomic E-state index is 12.1. The highest BCUT2D eigenvalue weighted by Crippen LogP contribution is 2.48. The Labute approximate surface area is 102 Å². The fraction of sp³-hybridized carbons (Fsp3) is 0.455. The van der Waals surface area contributed by atoms with E-state index in [1.165, 1.54) is 17.3 Å². The van der Waals surface area contributed by atoms with Crippen LogP contribution in [0.25, 0.3) is 0 Å². The molecule has 1 aromatic heterocycles. The summed E-state index contributed by atoms with van der Waals surface area (Å²) in [5.41, 5.74) is 2.59. The molecule has 0 radical (unpaired) electrons. The number of carboxylic acids is 1. The number of aliphatic carboxylic acids is 1. The van der Waals surface area contributed by atoms with E-state index in [2.05, 4.69) is 15.6 Å². The number of hydrogen-bond acceptors (Lipinski definition) is 4. The van der Waals surface area contributed by atoms with Crippen LogP contribution in [-0.4, -0.2) is 31.9 Å². The third kappa shape index (κ3) is 1.59. The molecule has 0 aromatic carbocycles. The lowest BCUT2D eigenvalue weighted by atomic mass is 9.82. The zero-order valence-corrected chi connectivity index (χ0v) is 9.43. The average Bonchev–Trinajstić information content (AvgIpc) is 3.03. The summed E-state index contributed by atoms with van der Waals surface area (Å²) in [6, 6.07) is 0. The molecule has 2 bridgehead atoms. The molecule has 2 N–H and O–H groups in total. The second kappa shape index (κ2) is 3.94. The molecule has 3 rings (SSSR count). The summed E-state index contributed by atoms with van der Waals surface area (Å²) in [4.78, 5) is 23.4. The second-order valence-corrected chi connectivity index (χ2v) is 4.68. The van der Waals surface area contributed by atoms with Crippen molar-refractivity contribution in [2.45, 2.75) is 6.42 Å². The van der Waals surface area contributed by atoms with E-state index < -0.39 is 17.8 Å². The van der Waals surface area contributed by atoms with Gasteiger partial charge in [0.15, 0.2) is 0 Å². The van der Waals surface area contributed by atoms with Crippen molar-refractivity contribution in [2.75, 3.05) is 5.43 Å². The van der Waals surface area contributed by atoms with Gasteiger partial charge in [-0.1, -0.05) is 12.2 Å². The summed E-state index contributed by atoms with van der Waals surface area (Å²) in [6.07, 6.45) is 7.32. The van der Waals surface area contributed by atoms with Crippen LogP contribution in [0.2, 0.25) is 0 Å². The molecule has 1 heterocycles. The molecule has 4 atom stereocenters. The van der Waals surface area contributed by atoms with Gasteiger partial charge in [-0.2, -0.15) is 0 Å². The lowest BCUT2D eigenvalue weighted by Crippen LogP contribution is -2.38. The Bertz CT molecular complexity index is 510. The van der Waals surface area contributed by atoms with Gasteiger partial charge in [0.2, 0.25) is 5.91 Å². The highest BCUT2D eigenvalue weighted by atomic mass is 16.4. The van der Waals surface area contributed by atoms with Gasteiger partial charge in [0, 0.05) is 0 Å². The van der Waals surface area contributed by atoms with Crippen molar-refractivity contribution in [2.24, 2.45) is 23.7 Å². The number of hydrogen-bond donors (Lipinski definition) is 2. The minimum Gasteiger partial charge on any atom is -0.481 e. The van der Waals surface area contributed by atoms with Gasteiger partial charge in [0.05, 0.1) is 11.8 Å². The first-order chi connectivity index (χ1) is 8.66. The molecule has 18 heavy (non-hydrogen) atoms. The zero-order valence-electron chi connectivity index (χ0n) is 9.43. The molecular formula is C11H12N4O3. The Morgan fingerprint density at radius 3 is 2.39 bits per heavy atom. The third-order valence-corrected chi connectivity index (χ3v) is 3.71. The average molecular weight is 248 g/mol. The van der Waals surface area contributed by atoms with Crippen LogP contribution in [0.1, 0.15) is 6.42 Å². The molecule has 1 amide bonds. The molecule has 0 spiro atoms. The second-order valence-electron chi connectivity index (χ2n) is 4.68. The molecule has 2 aliphatic carbocycles. The molecule has 7 nitrogen and oxygen atoms in total. The van der Waals surface area contributed by atoms with E-state index in [9.17, 15) is 14.7 Å². The maximum Gasteiger partial charge on any atom is 0.307 e. The van der Waals surface area contributed by atoms with Gasteiger partial charge >= 0.3 is 5.97 Å². The third-order valence-electron chi connectivity index (χ3n) is 3.71. The van der Waals surface area contributed by atoms with E-state index in [1.807, 2.05) is 12.2 Å². The fourth-order valence-corrected chi connectivity index (χ4v) is 2.98. The number of rotatable bonds is 3. The number of carboxylic acid groups (broad SMARTS) is 1. The standard InChI is InChI=1S/C11H12N4O3/c16-10(14-15-4-12-13-5-15)8-6-1-2-7(3-6)9(8)11(17)18/h1-2,4-9H,3H2,(H,14,16)(H,17,18)/t6-,7-,8+,9-/m0/s1. The quantitative estimate of drug-likeness (QED) is 0.726. The highest BCUT2D eigenvalue weighted by molar-refractivity contribution is 5.91. The van der Waals surface area contributed by atoms with Crippen molar-refractivity contribution in [3.63, 3.8) is 0 Å². The lowest BCUT2D eigenvalue weighted by molar-refractivity contribution is -0.147. The van der Waals surface area contributed by atoms with Gasteiger partial charge in [-0.15, -0.1) is 10.2 Å². The van der Waals surface area contributed by atoms with Crippen LogP contribution < -0.4 is 5.43 Å². The van der Waals surface area contributed by atoms with E-state index >= 15 is 0 Å². The zero-order chi connectivity index (χ0) is 12.7. The van der Waals surface area contributed by atoms with Crippen molar-refractivity contribution in [1.29, 1.82) is 0 Å². The predicted octanol–water partition coefficient (Wildman–Crippen LogP) is -0.129. The van der Waals surface area contributed by atoms with Crippen LogP contribution in [-0.2, 0) is 9.59 Å². The van der Waals surface area contributed by atoms with E-state index in [-0.39, 0.29) is 17.7 Å². The number of nitrogens with zero attached hydrogens (tertiary/aromatic N) is 3. The van der Waals surface area contributed by atoms with E-state index in [0.717, 1.165) is 6.42 Å². The van der Waals surface area contributed by atoms with Gasteiger partial charge in [0.1, 0.15) is 12.7 Å². The Morgan fingerprint density at radius 1 is 1.17 bits per heavy atom. The van der Waals surface area contributed by atoms with E-state index in [1.54, 1.807) is 0 Å². The number of aromatic nitrogens is 3. The van der Waals surface area contributed by atoms with Crippen molar-refractivity contribution < 1.29 is 14.7 Å². The van der Waals surface area contributed by atoms with Crippen LogP contribution in [0.15, 0.2) is 24.8 Å². The number of fused-ring (bicyclic) bond motifs is 2. The van der Waals surface area contributed by atoms with Crippen LogP contribution in [0.3, 0.4) is 0 Å². The molecular weight excluding hydrogens is 236 g/mol. The lowest BCUT2D eigenvalue weighted by Gasteiger charge is -2.23. The van der Waals surface area contributed by atoms with Gasteiger partial charge < -0.3 is 5.11 Å². The Hall–Kier alpha value is -2.18. The van der Waals surface area contributed by atoms with Crippen molar-refractivity contribution in [3.05, 3.63) is 24.8 Å². The Morgan fingerprint density at radius 2 is 1.78 bits per heavy atom. The van der Waals surface area contributed by atoms with Crippen molar-refractivity contribution >= 4 is 11.9 Å². The first-order valence-corrected chi connectivity index (χ1v) is 5.73. The summed E-state index contributed by atoms with van der Waals surface area (Å²) in [5, 5.41) is 16.4. The number of carbonyl (C=O) groups is 2. The van der Waals surface area contributed by atoms with E-state index in [0.29, 0.717) is 0 Å². The summed E-state index contributed by atoms with van der Waals surface area (Å²) < 4.78 is 1.33. The smallest absolute Gasteiger partial charge is 0.307 e. The number of carbonyl (C=O) groups excluding carboxylic acids is 1. The summed E-state index contributed by atoms with van der Waals surface area (Å²) in [7, 11) is 0. The maximum atomic E-state index is 12.1. The van der Waals surface area contributed by atoms with Gasteiger partial charge in [0.25, 0.3) is 0 Å². The molecule has 7 heteroatoms. The van der Waals surface area contributed by atoms with Gasteiger partial charge in [-0.3, -0.25) is 15.0 Å².